The number of morpholine rings is 1. The smallest absolute Gasteiger partial charge is 0.336 e. The van der Waals surface area contributed by atoms with Crippen LogP contribution in [0.4, 0.5) is 0 Å². The van der Waals surface area contributed by atoms with Gasteiger partial charge in [0.25, 0.3) is 0 Å². The Morgan fingerprint density at radius 3 is 2.06 bits per heavy atom. The third-order valence-corrected chi connectivity index (χ3v) is 5.21. The number of carbonyl (C=O) groups excluding carboxylic acids is 1. The number of hydrogen-bond acceptors (Lipinski definition) is 7. The van der Waals surface area contributed by atoms with Crippen LogP contribution in [0.25, 0.3) is 6.08 Å². The molecule has 0 atom stereocenters. The van der Waals surface area contributed by atoms with E-state index in [-0.39, 0.29) is 5.78 Å². The van der Waals surface area contributed by atoms with Gasteiger partial charge in [-0.05, 0) is 23.8 Å². The van der Waals surface area contributed by atoms with Crippen molar-refractivity contribution in [2.24, 2.45) is 0 Å². The van der Waals surface area contributed by atoms with E-state index in [2.05, 4.69) is 4.90 Å². The number of carbonyl (C=O) groups is 4. The highest BCUT2D eigenvalue weighted by Crippen LogP contribution is 2.23. The van der Waals surface area contributed by atoms with Gasteiger partial charge in [0, 0.05) is 26.1 Å². The van der Waals surface area contributed by atoms with Gasteiger partial charge in [-0.2, -0.15) is 0 Å². The Bertz CT molecular complexity index is 866. The van der Waals surface area contributed by atoms with E-state index >= 15 is 0 Å². The lowest BCUT2D eigenvalue weighted by atomic mass is 9.96. The number of carboxylic acids is 3. The molecule has 182 valence electrons. The molecule has 1 saturated heterocycles. The quantitative estimate of drug-likeness (QED) is 0.346. The number of aliphatic carboxylic acids is 3. The maximum Gasteiger partial charge on any atom is 0.336 e. The van der Waals surface area contributed by atoms with E-state index in [9.17, 15) is 19.2 Å². The van der Waals surface area contributed by atoms with E-state index < -0.39 is 36.4 Å². The van der Waals surface area contributed by atoms with Gasteiger partial charge in [-0.1, -0.05) is 35.3 Å². The maximum absolute atomic E-state index is 11.8. The number of halogens is 2. The average Bonchev–Trinajstić information content (AvgIpc) is 2.73. The molecule has 0 aliphatic carbocycles. The van der Waals surface area contributed by atoms with Crippen molar-refractivity contribution in [2.45, 2.75) is 24.9 Å². The molecule has 1 aliphatic rings. The van der Waals surface area contributed by atoms with E-state index in [1.54, 1.807) is 24.3 Å². The first-order chi connectivity index (χ1) is 15.4. The number of benzene rings is 1. The van der Waals surface area contributed by atoms with Gasteiger partial charge in [0.1, 0.15) is 0 Å². The molecule has 33 heavy (non-hydrogen) atoms. The van der Waals surface area contributed by atoms with E-state index in [4.69, 9.17) is 48.4 Å². The van der Waals surface area contributed by atoms with Gasteiger partial charge in [0.15, 0.2) is 11.4 Å². The molecule has 0 saturated carbocycles. The summed E-state index contributed by atoms with van der Waals surface area (Å²) in [7, 11) is 0. The van der Waals surface area contributed by atoms with Gasteiger partial charge in [0.2, 0.25) is 0 Å². The maximum atomic E-state index is 11.8. The van der Waals surface area contributed by atoms with Gasteiger partial charge >= 0.3 is 17.9 Å². The van der Waals surface area contributed by atoms with Gasteiger partial charge in [-0.3, -0.25) is 19.3 Å². The molecule has 0 radical (unpaired) electrons. The molecule has 1 aliphatic heterocycles. The zero-order chi connectivity index (χ0) is 25.0. The van der Waals surface area contributed by atoms with Crippen molar-refractivity contribution in [1.29, 1.82) is 0 Å². The lowest BCUT2D eigenvalue weighted by Gasteiger charge is -2.25. The van der Waals surface area contributed by atoms with Crippen LogP contribution in [0.3, 0.4) is 0 Å². The van der Waals surface area contributed by atoms with Crippen LogP contribution >= 0.6 is 23.2 Å². The van der Waals surface area contributed by atoms with E-state index in [0.29, 0.717) is 16.5 Å². The fraction of sp³-hybridized carbons (Fsp3) is 0.429. The minimum atomic E-state index is -2.74. The van der Waals surface area contributed by atoms with E-state index in [1.807, 2.05) is 6.07 Å². The Balaban J connectivity index is 0.000000366. The second kappa shape index (κ2) is 13.9. The first-order valence-corrected chi connectivity index (χ1v) is 10.5. The van der Waals surface area contributed by atoms with Crippen molar-refractivity contribution in [3.8, 4) is 0 Å². The average molecular weight is 506 g/mol. The number of aliphatic hydroxyl groups is 1. The number of carboxylic acid groups (broad SMARTS) is 3. The second-order valence-electron chi connectivity index (χ2n) is 7.15. The highest BCUT2D eigenvalue weighted by molar-refractivity contribution is 6.42. The molecule has 2 rings (SSSR count). The summed E-state index contributed by atoms with van der Waals surface area (Å²) in [6.45, 7) is 4.11. The second-order valence-corrected chi connectivity index (χ2v) is 7.97. The third kappa shape index (κ3) is 11.3. The molecule has 4 N–H and O–H groups in total. The summed E-state index contributed by atoms with van der Waals surface area (Å²) in [5.74, 6) is -4.91. The predicted octanol–water partition coefficient (Wildman–Crippen LogP) is 2.05. The van der Waals surface area contributed by atoms with Crippen LogP contribution in [-0.2, 0) is 23.9 Å². The van der Waals surface area contributed by atoms with Crippen molar-refractivity contribution >= 4 is 53.0 Å². The van der Waals surface area contributed by atoms with Crippen molar-refractivity contribution in [1.82, 2.24) is 4.90 Å². The fourth-order valence-electron chi connectivity index (χ4n) is 2.70. The predicted molar refractivity (Wildman–Crippen MR) is 119 cm³/mol. The van der Waals surface area contributed by atoms with Gasteiger partial charge in [0.05, 0.1) is 36.1 Å². The van der Waals surface area contributed by atoms with Gasteiger partial charge in [-0.15, -0.1) is 0 Å². The standard InChI is InChI=1S/C15H17Cl2NO2.C6H8O7/c16-14-4-2-12(11-15(14)17)1-3-13(19)5-6-18-7-9-20-10-8-18;7-3(8)1-6(13,5(11)12)2-4(9)10/h1-4,11H,5-10H2;13H,1-2H2,(H,7,8)(H,9,10)(H,11,12)/b3-1+;. The Hall–Kier alpha value is -2.50. The molecule has 0 amide bonds. The molecule has 1 heterocycles. The summed E-state index contributed by atoms with van der Waals surface area (Å²) in [5, 5.41) is 34.8. The summed E-state index contributed by atoms with van der Waals surface area (Å²) in [5.41, 5.74) is -1.86. The van der Waals surface area contributed by atoms with Gasteiger partial charge in [-0.25, -0.2) is 4.79 Å². The minimum Gasteiger partial charge on any atom is -0.481 e. The van der Waals surface area contributed by atoms with Crippen LogP contribution in [0.15, 0.2) is 24.3 Å². The summed E-state index contributed by atoms with van der Waals surface area (Å²) in [6, 6.07) is 5.30. The normalized spacial score (nSPS) is 14.4. The topological polar surface area (TPSA) is 162 Å². The van der Waals surface area contributed by atoms with Crippen LogP contribution < -0.4 is 0 Å². The molecular weight excluding hydrogens is 481 g/mol. The van der Waals surface area contributed by atoms with Crippen molar-refractivity contribution in [3.63, 3.8) is 0 Å². The molecule has 1 aromatic rings. The Labute approximate surface area is 200 Å². The Kier molecular flexibility index (Phi) is 12.0. The van der Waals surface area contributed by atoms with Crippen LogP contribution in [0.5, 0.6) is 0 Å². The lowest BCUT2D eigenvalue weighted by molar-refractivity contribution is -0.170. The number of allylic oxidation sites excluding steroid dienone is 1. The molecule has 10 nitrogen and oxygen atoms in total. The third-order valence-electron chi connectivity index (χ3n) is 4.47. The number of ketones is 1. The molecule has 12 heteroatoms. The molecule has 1 aromatic carbocycles. The zero-order valence-corrected chi connectivity index (χ0v) is 19.1. The minimum absolute atomic E-state index is 0.113. The molecular formula is C21H25Cl2NO9. The number of rotatable bonds is 10. The largest absolute Gasteiger partial charge is 0.481 e. The fourth-order valence-corrected chi connectivity index (χ4v) is 3.00. The molecule has 0 bridgehead atoms. The first kappa shape index (κ1) is 28.5. The summed E-state index contributed by atoms with van der Waals surface area (Å²) < 4.78 is 5.27. The lowest BCUT2D eigenvalue weighted by Crippen LogP contribution is -2.42. The van der Waals surface area contributed by atoms with Crippen LogP contribution in [-0.4, -0.2) is 87.5 Å². The summed E-state index contributed by atoms with van der Waals surface area (Å²) >= 11 is 11.8. The summed E-state index contributed by atoms with van der Waals surface area (Å²) in [4.78, 5) is 44.5. The van der Waals surface area contributed by atoms with Crippen molar-refractivity contribution < 1.29 is 44.3 Å². The van der Waals surface area contributed by atoms with Crippen LogP contribution in [0.2, 0.25) is 10.0 Å². The van der Waals surface area contributed by atoms with Crippen molar-refractivity contribution in [3.05, 3.63) is 39.9 Å². The monoisotopic (exact) mass is 505 g/mol. The van der Waals surface area contributed by atoms with E-state index in [1.165, 1.54) is 0 Å². The highest BCUT2D eigenvalue weighted by atomic mass is 35.5. The first-order valence-electron chi connectivity index (χ1n) is 9.78. The molecule has 0 unspecified atom stereocenters. The molecule has 0 spiro atoms. The molecule has 0 aromatic heterocycles. The van der Waals surface area contributed by atoms with Crippen LogP contribution in [0.1, 0.15) is 24.8 Å². The SMILES string of the molecule is O=C(/C=C/c1ccc(Cl)c(Cl)c1)CCN1CCOCC1.O=C(O)CC(O)(CC(=O)O)C(=O)O. The molecule has 1 fully saturated rings. The number of nitrogens with zero attached hydrogens (tertiary/aromatic N) is 1. The van der Waals surface area contributed by atoms with Crippen LogP contribution in [0, 0.1) is 0 Å². The Morgan fingerprint density at radius 1 is 1.00 bits per heavy atom. The zero-order valence-electron chi connectivity index (χ0n) is 17.6. The number of hydrogen-bond donors (Lipinski definition) is 4. The highest BCUT2D eigenvalue weighted by Gasteiger charge is 2.40. The number of ether oxygens (including phenoxy) is 1. The van der Waals surface area contributed by atoms with Gasteiger partial charge < -0.3 is 25.2 Å². The van der Waals surface area contributed by atoms with Crippen molar-refractivity contribution in [2.75, 3.05) is 32.8 Å². The summed E-state index contributed by atoms with van der Waals surface area (Å²) in [6.07, 6.45) is 1.60. The Morgan fingerprint density at radius 2 is 1.58 bits per heavy atom. The van der Waals surface area contributed by atoms with E-state index in [0.717, 1.165) is 38.4 Å².